The molecule has 2 N–H and O–H groups in total. The van der Waals surface area contributed by atoms with Crippen molar-refractivity contribution in [3.05, 3.63) is 30.3 Å². The predicted molar refractivity (Wildman–Crippen MR) is 76.9 cm³/mol. The Morgan fingerprint density at radius 3 is 2.50 bits per heavy atom. The van der Waals surface area contributed by atoms with Crippen molar-refractivity contribution in [2.24, 2.45) is 0 Å². The molecule has 0 heterocycles. The summed E-state index contributed by atoms with van der Waals surface area (Å²) in [5.74, 6) is 0.0611. The molecule has 1 rings (SSSR count). The second kappa shape index (κ2) is 10.2. The number of aliphatic hydroxyl groups is 1. The lowest BCUT2D eigenvalue weighted by molar-refractivity contribution is -0.137. The molecule has 0 bridgehead atoms. The zero-order valence-corrected chi connectivity index (χ0v) is 11.7. The molecule has 0 saturated heterocycles. The second-order valence-corrected chi connectivity index (χ2v) is 4.58. The van der Waals surface area contributed by atoms with Gasteiger partial charge in [-0.15, -0.1) is 0 Å². The Morgan fingerprint density at radius 2 is 1.85 bits per heavy atom. The molecular formula is C15H23NO4. The van der Waals surface area contributed by atoms with Gasteiger partial charge < -0.3 is 19.8 Å². The fourth-order valence-electron chi connectivity index (χ4n) is 1.87. The minimum atomic E-state index is -0.805. The number of unbranched alkanes of at least 4 members (excludes halogenated alkanes) is 1. The molecular weight excluding hydrogens is 258 g/mol. The van der Waals surface area contributed by atoms with Crippen LogP contribution in [0.1, 0.15) is 19.3 Å². The van der Waals surface area contributed by atoms with E-state index in [9.17, 15) is 4.79 Å². The van der Waals surface area contributed by atoms with Crippen LogP contribution in [0, 0.1) is 0 Å². The molecule has 0 aliphatic carbocycles. The number of carboxylic acid groups (broad SMARTS) is 1. The Hall–Kier alpha value is -1.59. The fourth-order valence-corrected chi connectivity index (χ4v) is 1.87. The molecule has 0 atom stereocenters. The van der Waals surface area contributed by atoms with Gasteiger partial charge in [-0.05, 0) is 31.5 Å². The van der Waals surface area contributed by atoms with E-state index < -0.39 is 5.97 Å². The first-order valence-electron chi connectivity index (χ1n) is 6.95. The van der Waals surface area contributed by atoms with Crippen molar-refractivity contribution in [3.63, 3.8) is 0 Å². The van der Waals surface area contributed by atoms with Crippen LogP contribution in [0.2, 0.25) is 0 Å². The molecule has 0 saturated carbocycles. The lowest BCUT2D eigenvalue weighted by Gasteiger charge is -2.20. The summed E-state index contributed by atoms with van der Waals surface area (Å²) in [6, 6.07) is 9.66. The van der Waals surface area contributed by atoms with Gasteiger partial charge in [0.15, 0.2) is 0 Å². The number of carbonyl (C=O) groups is 1. The van der Waals surface area contributed by atoms with Gasteiger partial charge >= 0.3 is 5.97 Å². The van der Waals surface area contributed by atoms with E-state index in [1.165, 1.54) is 0 Å². The van der Waals surface area contributed by atoms with Crippen molar-refractivity contribution in [2.75, 3.05) is 32.8 Å². The highest BCUT2D eigenvalue weighted by molar-refractivity contribution is 5.66. The Bertz CT molecular complexity index is 369. The summed E-state index contributed by atoms with van der Waals surface area (Å²) in [6.07, 6.45) is 1.94. The highest BCUT2D eigenvalue weighted by atomic mass is 16.5. The Balaban J connectivity index is 2.12. The first kappa shape index (κ1) is 16.5. The average molecular weight is 281 g/mol. The van der Waals surface area contributed by atoms with E-state index in [2.05, 4.69) is 0 Å². The van der Waals surface area contributed by atoms with Crippen molar-refractivity contribution in [2.45, 2.75) is 19.3 Å². The topological polar surface area (TPSA) is 70.0 Å². The maximum absolute atomic E-state index is 10.5. The van der Waals surface area contributed by atoms with Gasteiger partial charge in [-0.1, -0.05) is 18.2 Å². The average Bonchev–Trinajstić information content (AvgIpc) is 2.45. The lowest BCUT2D eigenvalue weighted by Crippen LogP contribution is -2.30. The third-order valence-electron chi connectivity index (χ3n) is 2.94. The Kier molecular flexibility index (Phi) is 8.42. The second-order valence-electron chi connectivity index (χ2n) is 4.58. The SMILES string of the molecule is O=C(O)CCN(CCO)CCCCOc1ccccc1. The largest absolute Gasteiger partial charge is 0.494 e. The van der Waals surface area contributed by atoms with E-state index in [1.54, 1.807) is 0 Å². The van der Waals surface area contributed by atoms with Gasteiger partial charge in [-0.3, -0.25) is 4.79 Å². The zero-order valence-electron chi connectivity index (χ0n) is 11.7. The molecule has 112 valence electrons. The molecule has 1 aromatic rings. The van der Waals surface area contributed by atoms with Gasteiger partial charge in [-0.2, -0.15) is 0 Å². The monoisotopic (exact) mass is 281 g/mol. The summed E-state index contributed by atoms with van der Waals surface area (Å²) in [7, 11) is 0. The maximum atomic E-state index is 10.5. The number of hydrogen-bond donors (Lipinski definition) is 2. The van der Waals surface area contributed by atoms with Gasteiger partial charge in [0.2, 0.25) is 0 Å². The van der Waals surface area contributed by atoms with E-state index in [0.29, 0.717) is 19.7 Å². The summed E-state index contributed by atoms with van der Waals surface area (Å²) in [4.78, 5) is 12.5. The number of para-hydroxylation sites is 1. The molecule has 5 nitrogen and oxygen atoms in total. The van der Waals surface area contributed by atoms with Crippen LogP contribution < -0.4 is 4.74 Å². The molecule has 5 heteroatoms. The molecule has 0 aromatic heterocycles. The lowest BCUT2D eigenvalue weighted by atomic mass is 10.2. The summed E-state index contributed by atoms with van der Waals surface area (Å²) in [6.45, 7) is 2.49. The highest BCUT2D eigenvalue weighted by Crippen LogP contribution is 2.09. The van der Waals surface area contributed by atoms with Gasteiger partial charge in [0.05, 0.1) is 19.6 Å². The van der Waals surface area contributed by atoms with Crippen LogP contribution in [-0.2, 0) is 4.79 Å². The highest BCUT2D eigenvalue weighted by Gasteiger charge is 2.06. The minimum absolute atomic E-state index is 0.0557. The first-order valence-corrected chi connectivity index (χ1v) is 6.95. The quantitative estimate of drug-likeness (QED) is 0.603. The molecule has 0 amide bonds. The van der Waals surface area contributed by atoms with E-state index in [4.69, 9.17) is 14.9 Å². The van der Waals surface area contributed by atoms with Gasteiger partial charge in [0.25, 0.3) is 0 Å². The summed E-state index contributed by atoms with van der Waals surface area (Å²) >= 11 is 0. The van der Waals surface area contributed by atoms with Gasteiger partial charge in [-0.25, -0.2) is 0 Å². The van der Waals surface area contributed by atoms with E-state index in [0.717, 1.165) is 25.1 Å². The Morgan fingerprint density at radius 1 is 1.10 bits per heavy atom. The standard InChI is InChI=1S/C15H23NO4/c17-12-11-16(10-8-15(18)19)9-4-5-13-20-14-6-2-1-3-7-14/h1-3,6-7,17H,4-5,8-13H2,(H,18,19). The third kappa shape index (κ3) is 7.76. The number of nitrogens with zero attached hydrogens (tertiary/aromatic N) is 1. The molecule has 0 unspecified atom stereocenters. The molecule has 1 aromatic carbocycles. The number of benzene rings is 1. The number of aliphatic carboxylic acids is 1. The van der Waals surface area contributed by atoms with Gasteiger partial charge in [0.1, 0.15) is 5.75 Å². The number of hydrogen-bond acceptors (Lipinski definition) is 4. The number of ether oxygens (including phenoxy) is 1. The summed E-state index contributed by atoms with van der Waals surface area (Å²) in [5, 5.41) is 17.6. The minimum Gasteiger partial charge on any atom is -0.494 e. The zero-order chi connectivity index (χ0) is 14.6. The fraction of sp³-hybridized carbons (Fsp3) is 0.533. The van der Waals surface area contributed by atoms with Crippen LogP contribution in [0.4, 0.5) is 0 Å². The van der Waals surface area contributed by atoms with Crippen LogP contribution in [0.15, 0.2) is 30.3 Å². The van der Waals surface area contributed by atoms with Crippen LogP contribution in [-0.4, -0.2) is 53.9 Å². The smallest absolute Gasteiger partial charge is 0.304 e. The van der Waals surface area contributed by atoms with Crippen LogP contribution in [0.25, 0.3) is 0 Å². The number of rotatable bonds is 11. The van der Waals surface area contributed by atoms with Crippen molar-refractivity contribution in [3.8, 4) is 5.75 Å². The van der Waals surface area contributed by atoms with Crippen LogP contribution in [0.5, 0.6) is 5.75 Å². The normalized spacial score (nSPS) is 10.7. The Labute approximate surface area is 119 Å². The van der Waals surface area contributed by atoms with Crippen LogP contribution in [0.3, 0.4) is 0 Å². The number of aliphatic hydroxyl groups excluding tert-OH is 1. The van der Waals surface area contributed by atoms with E-state index >= 15 is 0 Å². The predicted octanol–water partition coefficient (Wildman–Crippen LogP) is 1.61. The first-order chi connectivity index (χ1) is 9.72. The molecule has 0 aliphatic rings. The maximum Gasteiger partial charge on any atom is 0.304 e. The van der Waals surface area contributed by atoms with Crippen molar-refractivity contribution in [1.82, 2.24) is 4.90 Å². The molecule has 0 radical (unpaired) electrons. The molecule has 0 spiro atoms. The third-order valence-corrected chi connectivity index (χ3v) is 2.94. The van der Waals surface area contributed by atoms with Crippen molar-refractivity contribution in [1.29, 1.82) is 0 Å². The van der Waals surface area contributed by atoms with Crippen molar-refractivity contribution < 1.29 is 19.7 Å². The van der Waals surface area contributed by atoms with E-state index in [-0.39, 0.29) is 13.0 Å². The van der Waals surface area contributed by atoms with Crippen LogP contribution >= 0.6 is 0 Å². The summed E-state index contributed by atoms with van der Waals surface area (Å²) < 4.78 is 5.58. The van der Waals surface area contributed by atoms with E-state index in [1.807, 2.05) is 35.2 Å². The van der Waals surface area contributed by atoms with Crippen molar-refractivity contribution >= 4 is 5.97 Å². The molecule has 20 heavy (non-hydrogen) atoms. The molecule has 0 fully saturated rings. The summed E-state index contributed by atoms with van der Waals surface area (Å²) in [5.41, 5.74) is 0. The number of carboxylic acids is 1. The van der Waals surface area contributed by atoms with Gasteiger partial charge in [0, 0.05) is 13.1 Å². The molecule has 0 aliphatic heterocycles.